The molecule has 5 nitrogen and oxygen atoms in total. The number of hydrazine groups is 1. The Morgan fingerprint density at radius 1 is 1.60 bits per heavy atom. The van der Waals surface area contributed by atoms with Crippen molar-refractivity contribution in [3.63, 3.8) is 0 Å². The van der Waals surface area contributed by atoms with Crippen LogP contribution in [0.3, 0.4) is 0 Å². The number of pyridine rings is 1. The molecular weight excluding hydrogens is 194 g/mol. The minimum atomic E-state index is 0.0120. The summed E-state index contributed by atoms with van der Waals surface area (Å²) < 4.78 is 10.8. The number of nitrogen functional groups attached to an aromatic ring is 1. The average molecular weight is 211 g/mol. The number of nitrogens with zero attached hydrogens (tertiary/aromatic N) is 1. The van der Waals surface area contributed by atoms with Crippen LogP contribution in [0.1, 0.15) is 13.8 Å². The van der Waals surface area contributed by atoms with Gasteiger partial charge in [-0.05, 0) is 19.9 Å². The van der Waals surface area contributed by atoms with Crippen LogP contribution >= 0.6 is 0 Å². The van der Waals surface area contributed by atoms with Crippen molar-refractivity contribution in [3.8, 4) is 5.75 Å². The standard InChI is InChI=1S/C10H17N3O2/c1-3-14-7-8(2)15-9-4-5-12-10(6-9)13-11/h4-6,8H,3,7,11H2,1-2H3,(H,12,13). The Kier molecular flexibility index (Phi) is 4.86. The van der Waals surface area contributed by atoms with E-state index in [0.29, 0.717) is 19.0 Å². The van der Waals surface area contributed by atoms with Gasteiger partial charge in [-0.25, -0.2) is 10.8 Å². The van der Waals surface area contributed by atoms with E-state index < -0.39 is 0 Å². The van der Waals surface area contributed by atoms with Gasteiger partial charge in [0.1, 0.15) is 17.7 Å². The van der Waals surface area contributed by atoms with Gasteiger partial charge in [0.05, 0.1) is 6.61 Å². The zero-order chi connectivity index (χ0) is 11.1. The van der Waals surface area contributed by atoms with E-state index in [1.807, 2.05) is 13.8 Å². The van der Waals surface area contributed by atoms with E-state index in [1.54, 1.807) is 18.3 Å². The topological polar surface area (TPSA) is 69.4 Å². The Morgan fingerprint density at radius 3 is 3.07 bits per heavy atom. The van der Waals surface area contributed by atoms with Crippen LogP contribution in [0, 0.1) is 0 Å². The molecule has 0 amide bonds. The fourth-order valence-electron chi connectivity index (χ4n) is 1.11. The van der Waals surface area contributed by atoms with Crippen molar-refractivity contribution in [1.29, 1.82) is 0 Å². The number of hydrogen-bond donors (Lipinski definition) is 2. The summed E-state index contributed by atoms with van der Waals surface area (Å²) in [6, 6.07) is 3.52. The lowest BCUT2D eigenvalue weighted by molar-refractivity contribution is 0.0657. The summed E-state index contributed by atoms with van der Waals surface area (Å²) in [5.74, 6) is 6.54. The maximum Gasteiger partial charge on any atom is 0.143 e. The van der Waals surface area contributed by atoms with Gasteiger partial charge in [0.15, 0.2) is 0 Å². The van der Waals surface area contributed by atoms with E-state index in [1.165, 1.54) is 0 Å². The Balaban J connectivity index is 2.48. The van der Waals surface area contributed by atoms with Crippen LogP contribution in [0.15, 0.2) is 18.3 Å². The fraction of sp³-hybridized carbons (Fsp3) is 0.500. The number of anilines is 1. The summed E-state index contributed by atoms with van der Waals surface area (Å²) in [4.78, 5) is 3.98. The summed E-state index contributed by atoms with van der Waals surface area (Å²) in [7, 11) is 0. The van der Waals surface area contributed by atoms with Crippen molar-refractivity contribution >= 4 is 5.82 Å². The molecule has 1 aromatic heterocycles. The second-order valence-corrected chi connectivity index (χ2v) is 3.11. The number of hydrogen-bond acceptors (Lipinski definition) is 5. The molecule has 0 aliphatic rings. The molecular formula is C10H17N3O2. The maximum absolute atomic E-state index is 5.60. The smallest absolute Gasteiger partial charge is 0.143 e. The molecule has 3 N–H and O–H groups in total. The van der Waals surface area contributed by atoms with Gasteiger partial charge in [-0.2, -0.15) is 0 Å². The van der Waals surface area contributed by atoms with Gasteiger partial charge < -0.3 is 14.9 Å². The molecule has 0 aliphatic heterocycles. The molecule has 1 unspecified atom stereocenters. The Labute approximate surface area is 89.6 Å². The summed E-state index contributed by atoms with van der Waals surface area (Å²) in [6.07, 6.45) is 1.65. The van der Waals surface area contributed by atoms with Gasteiger partial charge in [0.25, 0.3) is 0 Å². The average Bonchev–Trinajstić information content (AvgIpc) is 2.26. The first-order valence-electron chi connectivity index (χ1n) is 4.93. The minimum Gasteiger partial charge on any atom is -0.488 e. The van der Waals surface area contributed by atoms with Crippen molar-refractivity contribution < 1.29 is 9.47 Å². The molecule has 0 spiro atoms. The van der Waals surface area contributed by atoms with E-state index in [9.17, 15) is 0 Å². The van der Waals surface area contributed by atoms with Crippen LogP contribution < -0.4 is 16.0 Å². The van der Waals surface area contributed by atoms with Gasteiger partial charge in [-0.15, -0.1) is 0 Å². The van der Waals surface area contributed by atoms with Crippen molar-refractivity contribution in [2.45, 2.75) is 20.0 Å². The number of nitrogens with one attached hydrogen (secondary N) is 1. The van der Waals surface area contributed by atoms with E-state index in [-0.39, 0.29) is 6.10 Å². The predicted octanol–water partition coefficient (Wildman–Crippen LogP) is 1.17. The molecule has 0 saturated heterocycles. The molecule has 0 aromatic carbocycles. The molecule has 0 aliphatic carbocycles. The fourth-order valence-corrected chi connectivity index (χ4v) is 1.11. The number of rotatable bonds is 6. The van der Waals surface area contributed by atoms with Crippen molar-refractivity contribution in [2.75, 3.05) is 18.6 Å². The monoisotopic (exact) mass is 211 g/mol. The molecule has 15 heavy (non-hydrogen) atoms. The highest BCUT2D eigenvalue weighted by atomic mass is 16.5. The van der Waals surface area contributed by atoms with E-state index >= 15 is 0 Å². The number of nitrogens with two attached hydrogens (primary N) is 1. The highest BCUT2D eigenvalue weighted by molar-refractivity contribution is 5.39. The third kappa shape index (κ3) is 4.14. The van der Waals surface area contributed by atoms with Gasteiger partial charge in [-0.1, -0.05) is 0 Å². The highest BCUT2D eigenvalue weighted by Gasteiger charge is 2.04. The number of aromatic nitrogens is 1. The summed E-state index contributed by atoms with van der Waals surface area (Å²) in [5.41, 5.74) is 2.46. The van der Waals surface area contributed by atoms with Crippen molar-refractivity contribution in [3.05, 3.63) is 18.3 Å². The minimum absolute atomic E-state index is 0.0120. The van der Waals surface area contributed by atoms with Crippen molar-refractivity contribution in [1.82, 2.24) is 4.98 Å². The van der Waals surface area contributed by atoms with Crippen LogP contribution in [0.25, 0.3) is 0 Å². The van der Waals surface area contributed by atoms with Crippen LogP contribution in [-0.4, -0.2) is 24.3 Å². The molecule has 1 heterocycles. The van der Waals surface area contributed by atoms with Gasteiger partial charge in [-0.3, -0.25) is 0 Å². The molecule has 0 fully saturated rings. The Morgan fingerprint density at radius 2 is 2.40 bits per heavy atom. The van der Waals surface area contributed by atoms with Crippen LogP contribution in [-0.2, 0) is 4.74 Å². The molecule has 0 bridgehead atoms. The molecule has 0 radical (unpaired) electrons. The van der Waals surface area contributed by atoms with Gasteiger partial charge in [0.2, 0.25) is 0 Å². The zero-order valence-electron chi connectivity index (χ0n) is 9.06. The predicted molar refractivity (Wildman–Crippen MR) is 58.6 cm³/mol. The lowest BCUT2D eigenvalue weighted by Crippen LogP contribution is -2.19. The summed E-state index contributed by atoms with van der Waals surface area (Å²) >= 11 is 0. The van der Waals surface area contributed by atoms with Crippen LogP contribution in [0.2, 0.25) is 0 Å². The van der Waals surface area contributed by atoms with Crippen molar-refractivity contribution in [2.24, 2.45) is 5.84 Å². The number of ether oxygens (including phenoxy) is 2. The van der Waals surface area contributed by atoms with Gasteiger partial charge >= 0.3 is 0 Å². The lowest BCUT2D eigenvalue weighted by atomic mass is 10.4. The molecule has 0 saturated carbocycles. The first kappa shape index (κ1) is 11.7. The largest absolute Gasteiger partial charge is 0.488 e. The quantitative estimate of drug-likeness (QED) is 0.546. The van der Waals surface area contributed by atoms with Gasteiger partial charge in [0, 0.05) is 18.9 Å². The molecule has 5 heteroatoms. The highest BCUT2D eigenvalue weighted by Crippen LogP contribution is 2.15. The SMILES string of the molecule is CCOCC(C)Oc1ccnc(NN)c1. The third-order valence-electron chi connectivity index (χ3n) is 1.77. The molecule has 1 atom stereocenters. The first-order chi connectivity index (χ1) is 7.26. The summed E-state index contributed by atoms with van der Waals surface area (Å²) in [5, 5.41) is 0. The van der Waals surface area contributed by atoms with E-state index in [4.69, 9.17) is 15.3 Å². The second-order valence-electron chi connectivity index (χ2n) is 3.11. The maximum atomic E-state index is 5.60. The Bertz CT molecular complexity index is 294. The molecule has 1 aromatic rings. The van der Waals surface area contributed by atoms with E-state index in [2.05, 4.69) is 10.4 Å². The van der Waals surface area contributed by atoms with Crippen LogP contribution in [0.5, 0.6) is 5.75 Å². The third-order valence-corrected chi connectivity index (χ3v) is 1.77. The first-order valence-corrected chi connectivity index (χ1v) is 4.93. The molecule has 1 rings (SSSR count). The lowest BCUT2D eigenvalue weighted by Gasteiger charge is -2.14. The normalized spacial score (nSPS) is 12.2. The van der Waals surface area contributed by atoms with Crippen LogP contribution in [0.4, 0.5) is 5.82 Å². The zero-order valence-corrected chi connectivity index (χ0v) is 9.06. The second kappa shape index (κ2) is 6.21. The summed E-state index contributed by atoms with van der Waals surface area (Å²) in [6.45, 7) is 5.17. The molecule has 84 valence electrons. The van der Waals surface area contributed by atoms with E-state index in [0.717, 1.165) is 5.75 Å². The Hall–Kier alpha value is -1.33.